The van der Waals surface area contributed by atoms with Crippen LogP contribution < -0.4 is 5.32 Å². The molecule has 1 amide bonds. The van der Waals surface area contributed by atoms with E-state index in [1.807, 2.05) is 24.3 Å². The van der Waals surface area contributed by atoms with E-state index in [-0.39, 0.29) is 18.1 Å². The molecule has 0 saturated heterocycles. The van der Waals surface area contributed by atoms with Crippen molar-refractivity contribution in [2.75, 3.05) is 6.61 Å². The zero-order valence-corrected chi connectivity index (χ0v) is 9.83. The summed E-state index contributed by atoms with van der Waals surface area (Å²) < 4.78 is 0. The summed E-state index contributed by atoms with van der Waals surface area (Å²) in [6, 6.07) is 7.51. The minimum Gasteiger partial charge on any atom is -0.394 e. The topological polar surface area (TPSA) is 49.3 Å². The average molecular weight is 237 g/mol. The normalized spacial score (nSPS) is 16.9. The zero-order chi connectivity index (χ0) is 11.6. The third-order valence-electron chi connectivity index (χ3n) is 2.86. The smallest absolute Gasteiger partial charge is 0.224 e. The van der Waals surface area contributed by atoms with E-state index in [0.717, 1.165) is 23.3 Å². The van der Waals surface area contributed by atoms with Gasteiger partial charge >= 0.3 is 0 Å². The predicted octanol–water partition coefficient (Wildman–Crippen LogP) is 1.16. The van der Waals surface area contributed by atoms with Crippen LogP contribution in [0, 0.1) is 0 Å². The molecular formula is C12H15NO2S. The maximum Gasteiger partial charge on any atom is 0.224 e. The van der Waals surface area contributed by atoms with Crippen LogP contribution in [0.5, 0.6) is 0 Å². The summed E-state index contributed by atoms with van der Waals surface area (Å²) in [6.45, 7) is 0.0360. The SMILES string of the molecule is O=C(Cc1ccc(S)cc1)NC1(CO)CC1. The number of carbonyl (C=O) groups excluding carboxylic acids is 1. The lowest BCUT2D eigenvalue weighted by atomic mass is 10.1. The molecule has 2 rings (SSSR count). The first-order valence-electron chi connectivity index (χ1n) is 5.33. The summed E-state index contributed by atoms with van der Waals surface area (Å²) in [4.78, 5) is 12.6. The number of benzene rings is 1. The minimum absolute atomic E-state index is 0.0292. The molecule has 1 aromatic carbocycles. The van der Waals surface area contributed by atoms with Gasteiger partial charge in [0.2, 0.25) is 5.91 Å². The van der Waals surface area contributed by atoms with E-state index in [1.54, 1.807) is 0 Å². The highest BCUT2D eigenvalue weighted by Crippen LogP contribution is 2.34. The summed E-state index contributed by atoms with van der Waals surface area (Å²) in [6.07, 6.45) is 2.12. The number of amides is 1. The average Bonchev–Trinajstić information content (AvgIpc) is 3.02. The molecule has 2 N–H and O–H groups in total. The molecule has 1 aliphatic rings. The first-order valence-corrected chi connectivity index (χ1v) is 5.78. The number of rotatable bonds is 4. The molecule has 1 aliphatic carbocycles. The van der Waals surface area contributed by atoms with Gasteiger partial charge in [0.1, 0.15) is 0 Å². The number of aliphatic hydroxyl groups excluding tert-OH is 1. The van der Waals surface area contributed by atoms with E-state index in [1.165, 1.54) is 0 Å². The lowest BCUT2D eigenvalue weighted by Gasteiger charge is -2.14. The van der Waals surface area contributed by atoms with Crippen LogP contribution >= 0.6 is 12.6 Å². The largest absolute Gasteiger partial charge is 0.394 e. The van der Waals surface area contributed by atoms with Crippen LogP contribution in [0.15, 0.2) is 29.2 Å². The van der Waals surface area contributed by atoms with Crippen molar-refractivity contribution in [1.82, 2.24) is 5.32 Å². The van der Waals surface area contributed by atoms with Crippen molar-refractivity contribution < 1.29 is 9.90 Å². The van der Waals surface area contributed by atoms with Crippen LogP contribution in [-0.4, -0.2) is 23.2 Å². The van der Waals surface area contributed by atoms with Crippen molar-refractivity contribution in [2.45, 2.75) is 29.7 Å². The Kier molecular flexibility index (Phi) is 3.21. The molecule has 1 fully saturated rings. The van der Waals surface area contributed by atoms with Crippen molar-refractivity contribution in [3.8, 4) is 0 Å². The molecule has 16 heavy (non-hydrogen) atoms. The van der Waals surface area contributed by atoms with Crippen molar-refractivity contribution in [3.63, 3.8) is 0 Å². The highest BCUT2D eigenvalue weighted by atomic mass is 32.1. The van der Waals surface area contributed by atoms with E-state index in [0.29, 0.717) is 6.42 Å². The van der Waals surface area contributed by atoms with E-state index in [4.69, 9.17) is 5.11 Å². The molecule has 1 aromatic rings. The third kappa shape index (κ3) is 2.77. The Bertz CT molecular complexity index is 385. The Morgan fingerprint density at radius 3 is 2.50 bits per heavy atom. The Hall–Kier alpha value is -1.00. The standard InChI is InChI=1S/C12H15NO2S/c14-8-12(5-6-12)13-11(15)7-9-1-3-10(16)4-2-9/h1-4,14,16H,5-8H2,(H,13,15). The second kappa shape index (κ2) is 4.47. The van der Waals surface area contributed by atoms with Crippen LogP contribution in [-0.2, 0) is 11.2 Å². The van der Waals surface area contributed by atoms with Gasteiger partial charge < -0.3 is 10.4 Å². The molecule has 4 heteroatoms. The fraction of sp³-hybridized carbons (Fsp3) is 0.417. The molecule has 0 heterocycles. The molecule has 0 unspecified atom stereocenters. The summed E-state index contributed by atoms with van der Waals surface area (Å²) >= 11 is 4.18. The first-order chi connectivity index (χ1) is 7.63. The summed E-state index contributed by atoms with van der Waals surface area (Å²) in [5.74, 6) is -0.0292. The predicted molar refractivity (Wildman–Crippen MR) is 64.6 cm³/mol. The van der Waals surface area contributed by atoms with Crippen LogP contribution in [0.2, 0.25) is 0 Å². The number of hydrogen-bond donors (Lipinski definition) is 3. The van der Waals surface area contributed by atoms with Gasteiger partial charge in [0.05, 0.1) is 18.6 Å². The van der Waals surface area contributed by atoms with E-state index in [9.17, 15) is 4.79 Å². The molecule has 0 spiro atoms. The van der Waals surface area contributed by atoms with Crippen LogP contribution in [0.4, 0.5) is 0 Å². The maximum absolute atomic E-state index is 11.7. The molecule has 0 radical (unpaired) electrons. The Morgan fingerprint density at radius 2 is 2.00 bits per heavy atom. The molecule has 3 nitrogen and oxygen atoms in total. The molecule has 0 aliphatic heterocycles. The highest BCUT2D eigenvalue weighted by Gasteiger charge is 2.43. The lowest BCUT2D eigenvalue weighted by molar-refractivity contribution is -0.121. The Balaban J connectivity index is 1.90. The minimum atomic E-state index is -0.319. The van der Waals surface area contributed by atoms with Crippen molar-refractivity contribution >= 4 is 18.5 Å². The molecule has 1 saturated carbocycles. The molecule has 0 atom stereocenters. The van der Waals surface area contributed by atoms with Crippen molar-refractivity contribution in [1.29, 1.82) is 0 Å². The van der Waals surface area contributed by atoms with Gasteiger partial charge in [0, 0.05) is 4.90 Å². The molecule has 0 aromatic heterocycles. The van der Waals surface area contributed by atoms with Crippen LogP contribution in [0.1, 0.15) is 18.4 Å². The maximum atomic E-state index is 11.7. The van der Waals surface area contributed by atoms with Gasteiger partial charge in [-0.15, -0.1) is 12.6 Å². The Morgan fingerprint density at radius 1 is 1.38 bits per heavy atom. The van der Waals surface area contributed by atoms with Gasteiger partial charge in [-0.25, -0.2) is 0 Å². The summed E-state index contributed by atoms with van der Waals surface area (Å²) in [5.41, 5.74) is 0.643. The van der Waals surface area contributed by atoms with E-state index >= 15 is 0 Å². The monoisotopic (exact) mass is 237 g/mol. The first kappa shape index (κ1) is 11.5. The fourth-order valence-electron chi connectivity index (χ4n) is 1.61. The second-order valence-electron chi connectivity index (χ2n) is 4.33. The van der Waals surface area contributed by atoms with Gasteiger partial charge in [-0.2, -0.15) is 0 Å². The van der Waals surface area contributed by atoms with Gasteiger partial charge in [0.25, 0.3) is 0 Å². The van der Waals surface area contributed by atoms with E-state index < -0.39 is 0 Å². The number of hydrogen-bond acceptors (Lipinski definition) is 3. The zero-order valence-electron chi connectivity index (χ0n) is 8.94. The summed E-state index contributed by atoms with van der Waals surface area (Å²) in [5, 5.41) is 12.0. The van der Waals surface area contributed by atoms with Crippen molar-refractivity contribution in [3.05, 3.63) is 29.8 Å². The number of aliphatic hydroxyl groups is 1. The molecule has 86 valence electrons. The fourth-order valence-corrected chi connectivity index (χ4v) is 1.76. The highest BCUT2D eigenvalue weighted by molar-refractivity contribution is 7.80. The third-order valence-corrected chi connectivity index (χ3v) is 3.16. The van der Waals surface area contributed by atoms with Crippen LogP contribution in [0.3, 0.4) is 0 Å². The number of nitrogens with one attached hydrogen (secondary N) is 1. The Labute approximate surface area is 100 Å². The van der Waals surface area contributed by atoms with Gasteiger partial charge in [-0.1, -0.05) is 12.1 Å². The quantitative estimate of drug-likeness (QED) is 0.688. The summed E-state index contributed by atoms with van der Waals surface area (Å²) in [7, 11) is 0. The van der Waals surface area contributed by atoms with Crippen molar-refractivity contribution in [2.24, 2.45) is 0 Å². The second-order valence-corrected chi connectivity index (χ2v) is 4.85. The van der Waals surface area contributed by atoms with Gasteiger partial charge in [-0.3, -0.25) is 4.79 Å². The molecular weight excluding hydrogens is 222 g/mol. The molecule has 0 bridgehead atoms. The van der Waals surface area contributed by atoms with E-state index in [2.05, 4.69) is 17.9 Å². The number of carbonyl (C=O) groups is 1. The van der Waals surface area contributed by atoms with Gasteiger partial charge in [0.15, 0.2) is 0 Å². The lowest BCUT2D eigenvalue weighted by Crippen LogP contribution is -2.40. The van der Waals surface area contributed by atoms with Crippen LogP contribution in [0.25, 0.3) is 0 Å². The number of thiol groups is 1. The van der Waals surface area contributed by atoms with Gasteiger partial charge in [-0.05, 0) is 30.5 Å².